The second-order valence-electron chi connectivity index (χ2n) is 10.4. The molecule has 3 fully saturated rings. The number of hydrogen-bond acceptors (Lipinski definition) is 6. The highest BCUT2D eigenvalue weighted by molar-refractivity contribution is 8.19. The summed E-state index contributed by atoms with van der Waals surface area (Å²) in [6.07, 6.45) is 6.02. The zero-order valence-electron chi connectivity index (χ0n) is 21.2. The van der Waals surface area contributed by atoms with E-state index in [1.165, 1.54) is 41.4 Å². The molecule has 3 nitrogen and oxygen atoms in total. The van der Waals surface area contributed by atoms with E-state index < -0.39 is 10.0 Å². The van der Waals surface area contributed by atoms with Crippen LogP contribution in [-0.2, 0) is 16.4 Å². The zero-order valence-corrected chi connectivity index (χ0v) is 25.3. The van der Waals surface area contributed by atoms with E-state index in [1.807, 2.05) is 65.1 Å². The molecule has 0 N–H and O–H groups in total. The van der Waals surface area contributed by atoms with Gasteiger partial charge in [-0.15, -0.1) is 47.0 Å². The molecule has 196 valence electrons. The van der Waals surface area contributed by atoms with Crippen molar-refractivity contribution in [1.29, 1.82) is 0 Å². The highest BCUT2D eigenvalue weighted by Crippen LogP contribution is 2.56. The zero-order chi connectivity index (χ0) is 25.2. The fourth-order valence-electron chi connectivity index (χ4n) is 5.79. The number of benzene rings is 2. The third-order valence-electron chi connectivity index (χ3n) is 7.45. The topological polar surface area (TPSA) is 37.4 Å². The van der Waals surface area contributed by atoms with E-state index in [9.17, 15) is 8.42 Å². The van der Waals surface area contributed by atoms with E-state index in [0.29, 0.717) is 4.90 Å². The molecule has 2 aromatic rings. The average Bonchev–Trinajstić information content (AvgIpc) is 2.85. The Kier molecular flexibility index (Phi) is 8.70. The summed E-state index contributed by atoms with van der Waals surface area (Å²) in [5.41, 5.74) is 2.31. The highest BCUT2D eigenvalue weighted by Gasteiger charge is 2.52. The smallest absolute Gasteiger partial charge is 0.207 e. The lowest BCUT2D eigenvalue weighted by atomic mass is 9.90. The Morgan fingerprint density at radius 2 is 1.42 bits per heavy atom. The summed E-state index contributed by atoms with van der Waals surface area (Å²) >= 11 is 8.28. The average molecular weight is 580 g/mol. The van der Waals surface area contributed by atoms with E-state index in [0.717, 1.165) is 31.2 Å². The van der Waals surface area contributed by atoms with E-state index in [4.69, 9.17) is 0 Å². The summed E-state index contributed by atoms with van der Waals surface area (Å²) in [4.78, 5) is 0.435. The first-order valence-corrected chi connectivity index (χ1v) is 18.4. The SMILES string of the molecule is Cc1ccc(S(=O)(=O)N2[C@H](Cc3ccccc3)CC3(C[C@H]2CC2(C)SCCCS2)SCCCS3)cc1. The van der Waals surface area contributed by atoms with E-state index in [-0.39, 0.29) is 20.2 Å². The number of nitrogens with zero attached hydrogens (tertiary/aromatic N) is 1. The lowest BCUT2D eigenvalue weighted by Gasteiger charge is -2.52. The summed E-state index contributed by atoms with van der Waals surface area (Å²) < 4.78 is 31.0. The molecule has 0 unspecified atom stereocenters. The minimum absolute atomic E-state index is 0.0000321. The molecule has 36 heavy (non-hydrogen) atoms. The molecule has 0 bridgehead atoms. The molecule has 2 atom stereocenters. The molecule has 8 heteroatoms. The first kappa shape index (κ1) is 27.3. The van der Waals surface area contributed by atoms with Gasteiger partial charge in [0.05, 0.1) is 13.1 Å². The second-order valence-corrected chi connectivity index (χ2v) is 18.9. The van der Waals surface area contributed by atoms with Crippen LogP contribution in [0.3, 0.4) is 0 Å². The number of sulfonamides is 1. The van der Waals surface area contributed by atoms with Gasteiger partial charge in [0.2, 0.25) is 10.0 Å². The van der Waals surface area contributed by atoms with Gasteiger partial charge in [-0.3, -0.25) is 0 Å². The van der Waals surface area contributed by atoms with Gasteiger partial charge in [-0.1, -0.05) is 48.0 Å². The van der Waals surface area contributed by atoms with Gasteiger partial charge in [0.1, 0.15) is 0 Å². The van der Waals surface area contributed by atoms with Crippen LogP contribution in [0.15, 0.2) is 59.5 Å². The Balaban J connectivity index is 1.57. The maximum atomic E-state index is 14.4. The monoisotopic (exact) mass is 579 g/mol. The quantitative estimate of drug-likeness (QED) is 0.357. The Bertz CT molecular complexity index is 1110. The summed E-state index contributed by atoms with van der Waals surface area (Å²) in [5, 5.41) is 0. The molecule has 0 radical (unpaired) electrons. The number of thioether (sulfide) groups is 4. The molecular weight excluding hydrogens is 543 g/mol. The van der Waals surface area contributed by atoms with Crippen LogP contribution in [0.4, 0.5) is 0 Å². The molecule has 3 saturated heterocycles. The van der Waals surface area contributed by atoms with Crippen molar-refractivity contribution in [1.82, 2.24) is 4.31 Å². The van der Waals surface area contributed by atoms with Crippen LogP contribution in [0, 0.1) is 6.92 Å². The molecule has 3 aliphatic rings. The van der Waals surface area contributed by atoms with Crippen LogP contribution in [0.2, 0.25) is 0 Å². The number of rotatable bonds is 6. The number of aryl methyl sites for hydroxylation is 1. The van der Waals surface area contributed by atoms with Gasteiger partial charge >= 0.3 is 0 Å². The fourth-order valence-corrected chi connectivity index (χ4v) is 14.3. The van der Waals surface area contributed by atoms with Crippen molar-refractivity contribution in [3.63, 3.8) is 0 Å². The molecule has 5 rings (SSSR count). The summed E-state index contributed by atoms with van der Waals surface area (Å²) in [5.74, 6) is 4.71. The van der Waals surface area contributed by atoms with Crippen molar-refractivity contribution in [2.75, 3.05) is 23.0 Å². The Morgan fingerprint density at radius 3 is 2.06 bits per heavy atom. The van der Waals surface area contributed by atoms with Crippen LogP contribution in [0.1, 0.15) is 50.2 Å². The van der Waals surface area contributed by atoms with Gasteiger partial charge in [-0.05, 0) is 93.1 Å². The first-order chi connectivity index (χ1) is 17.3. The summed E-state index contributed by atoms with van der Waals surface area (Å²) in [6, 6.07) is 17.9. The Labute approximate surface area is 234 Å². The molecule has 2 aromatic carbocycles. The third-order valence-corrected chi connectivity index (χ3v) is 16.1. The summed E-state index contributed by atoms with van der Waals surface area (Å²) in [7, 11) is -3.63. The standard InChI is InChI=1S/C28H37NO2S5/c1-22-10-12-26(13-11-22)36(30,31)29-24(18-23-8-4-3-5-9-23)20-28(34-16-7-17-35-28)21-25(29)19-27(2)32-14-6-15-33-27/h3-5,8-13,24-25H,6-7,14-21H2,1-2H3/t24-,25-/m1/s1. The Morgan fingerprint density at radius 1 is 0.833 bits per heavy atom. The molecule has 3 aliphatic heterocycles. The van der Waals surface area contributed by atoms with Crippen molar-refractivity contribution in [3.05, 3.63) is 65.7 Å². The molecule has 0 saturated carbocycles. The molecule has 0 amide bonds. The van der Waals surface area contributed by atoms with Crippen molar-refractivity contribution in [2.45, 2.75) is 77.5 Å². The van der Waals surface area contributed by atoms with Crippen LogP contribution < -0.4 is 0 Å². The lowest BCUT2D eigenvalue weighted by molar-refractivity contribution is 0.165. The first-order valence-electron chi connectivity index (χ1n) is 13.0. The van der Waals surface area contributed by atoms with Gasteiger partial charge in [-0.2, -0.15) is 4.31 Å². The van der Waals surface area contributed by atoms with Gasteiger partial charge in [-0.25, -0.2) is 8.42 Å². The Hall–Kier alpha value is -0.250. The fraction of sp³-hybridized carbons (Fsp3) is 0.571. The molecular formula is C28H37NO2S5. The predicted molar refractivity (Wildman–Crippen MR) is 162 cm³/mol. The van der Waals surface area contributed by atoms with Crippen LogP contribution in [-0.4, -0.2) is 56.0 Å². The number of hydrogen-bond donors (Lipinski definition) is 0. The minimum Gasteiger partial charge on any atom is -0.207 e. The third kappa shape index (κ3) is 6.15. The van der Waals surface area contributed by atoms with Gasteiger partial charge in [0, 0.05) is 12.1 Å². The lowest BCUT2D eigenvalue weighted by Crippen LogP contribution is -2.58. The maximum Gasteiger partial charge on any atom is 0.243 e. The summed E-state index contributed by atoms with van der Waals surface area (Å²) in [6.45, 7) is 4.37. The van der Waals surface area contributed by atoms with Crippen molar-refractivity contribution < 1.29 is 8.42 Å². The van der Waals surface area contributed by atoms with Crippen LogP contribution in [0.25, 0.3) is 0 Å². The highest BCUT2D eigenvalue weighted by atomic mass is 32.2. The number of piperidine rings is 1. The normalized spacial score (nSPS) is 26.6. The second kappa shape index (κ2) is 11.5. The molecule has 0 aliphatic carbocycles. The largest absolute Gasteiger partial charge is 0.243 e. The molecule has 3 heterocycles. The predicted octanol–water partition coefficient (Wildman–Crippen LogP) is 7.30. The minimum atomic E-state index is -3.63. The van der Waals surface area contributed by atoms with Crippen LogP contribution >= 0.6 is 47.0 Å². The van der Waals surface area contributed by atoms with Crippen LogP contribution in [0.5, 0.6) is 0 Å². The maximum absolute atomic E-state index is 14.4. The van der Waals surface area contributed by atoms with Crippen molar-refractivity contribution >= 4 is 57.1 Å². The van der Waals surface area contributed by atoms with E-state index in [2.05, 4.69) is 54.7 Å². The van der Waals surface area contributed by atoms with Gasteiger partial charge in [0.25, 0.3) is 0 Å². The van der Waals surface area contributed by atoms with Gasteiger partial charge < -0.3 is 0 Å². The molecule has 1 spiro atoms. The van der Waals surface area contributed by atoms with Crippen molar-refractivity contribution in [3.8, 4) is 0 Å². The van der Waals surface area contributed by atoms with Crippen molar-refractivity contribution in [2.24, 2.45) is 0 Å². The van der Waals surface area contributed by atoms with E-state index >= 15 is 0 Å². The molecule has 0 aromatic heterocycles. The van der Waals surface area contributed by atoms with Gasteiger partial charge in [0.15, 0.2) is 0 Å². The van der Waals surface area contributed by atoms with E-state index in [1.54, 1.807) is 0 Å².